The number of hydrogen-bond acceptors (Lipinski definition) is 3. The molecule has 6 heteroatoms. The summed E-state index contributed by atoms with van der Waals surface area (Å²) < 4.78 is 1.85. The molecule has 1 heterocycles. The normalized spacial score (nSPS) is 13.6. The summed E-state index contributed by atoms with van der Waals surface area (Å²) in [6.07, 6.45) is 2.71. The van der Waals surface area contributed by atoms with E-state index in [-0.39, 0.29) is 24.3 Å². The number of anilines is 1. The van der Waals surface area contributed by atoms with Crippen LogP contribution in [0.4, 0.5) is 5.69 Å². The second kappa shape index (κ2) is 7.28. The molecule has 2 unspecified atom stereocenters. The van der Waals surface area contributed by atoms with Crippen molar-refractivity contribution in [2.45, 2.75) is 32.9 Å². The molecule has 1 aromatic carbocycles. The molecule has 0 saturated carbocycles. The Bertz CT molecular complexity index is 708. The van der Waals surface area contributed by atoms with Crippen LogP contribution in [-0.2, 0) is 16.1 Å². The van der Waals surface area contributed by atoms with Crippen LogP contribution in [0.25, 0.3) is 10.9 Å². The molecule has 0 fully saturated rings. The van der Waals surface area contributed by atoms with Gasteiger partial charge in [-0.2, -0.15) is 0 Å². The standard InChI is InChI=1S/C17H24N4O2/c1-4-11(2)16(18)17(23)20-13-6-5-12-7-8-21(14(12)9-13)10-15(22)19-3/h5-9,11,16H,4,10,18H2,1-3H3,(H,19,22)(H,20,23). The number of nitrogens with zero attached hydrogens (tertiary/aromatic N) is 1. The number of carbonyl (C=O) groups excluding carboxylic acids is 2. The van der Waals surface area contributed by atoms with Gasteiger partial charge in [-0.3, -0.25) is 9.59 Å². The van der Waals surface area contributed by atoms with Gasteiger partial charge in [0.25, 0.3) is 0 Å². The molecule has 4 N–H and O–H groups in total. The van der Waals surface area contributed by atoms with Crippen LogP contribution >= 0.6 is 0 Å². The molecule has 0 radical (unpaired) electrons. The number of carbonyl (C=O) groups is 2. The molecule has 0 spiro atoms. The smallest absolute Gasteiger partial charge is 0.241 e. The van der Waals surface area contributed by atoms with Crippen molar-refractivity contribution in [1.29, 1.82) is 0 Å². The van der Waals surface area contributed by atoms with Crippen LogP contribution in [0.2, 0.25) is 0 Å². The Morgan fingerprint density at radius 3 is 2.70 bits per heavy atom. The summed E-state index contributed by atoms with van der Waals surface area (Å²) in [5.74, 6) is -0.144. The lowest BCUT2D eigenvalue weighted by atomic mass is 9.99. The van der Waals surface area contributed by atoms with E-state index in [1.165, 1.54) is 0 Å². The van der Waals surface area contributed by atoms with Gasteiger partial charge in [0.2, 0.25) is 11.8 Å². The maximum absolute atomic E-state index is 12.2. The van der Waals surface area contributed by atoms with Crippen molar-refractivity contribution in [1.82, 2.24) is 9.88 Å². The first kappa shape index (κ1) is 17.0. The van der Waals surface area contributed by atoms with E-state index < -0.39 is 6.04 Å². The maximum atomic E-state index is 12.2. The summed E-state index contributed by atoms with van der Waals surface area (Å²) in [4.78, 5) is 23.8. The molecule has 2 amide bonds. The zero-order valence-corrected chi connectivity index (χ0v) is 13.8. The molecule has 0 aliphatic heterocycles. The predicted octanol–water partition coefficient (Wildman–Crippen LogP) is 1.70. The quantitative estimate of drug-likeness (QED) is 0.758. The van der Waals surface area contributed by atoms with E-state index in [0.717, 1.165) is 17.3 Å². The topological polar surface area (TPSA) is 89.2 Å². The summed E-state index contributed by atoms with van der Waals surface area (Å²) in [5.41, 5.74) is 7.53. The van der Waals surface area contributed by atoms with Crippen LogP contribution in [0, 0.1) is 5.92 Å². The van der Waals surface area contributed by atoms with Crippen molar-refractivity contribution in [2.75, 3.05) is 12.4 Å². The number of aromatic nitrogens is 1. The Morgan fingerprint density at radius 1 is 1.30 bits per heavy atom. The second-order valence-corrected chi connectivity index (χ2v) is 5.79. The van der Waals surface area contributed by atoms with Crippen LogP contribution in [-0.4, -0.2) is 29.5 Å². The van der Waals surface area contributed by atoms with Crippen molar-refractivity contribution >= 4 is 28.4 Å². The molecule has 0 saturated heterocycles. The number of fused-ring (bicyclic) bond motifs is 1. The summed E-state index contributed by atoms with van der Waals surface area (Å²) in [6.45, 7) is 4.21. The second-order valence-electron chi connectivity index (χ2n) is 5.79. The minimum absolute atomic E-state index is 0.0734. The van der Waals surface area contributed by atoms with Crippen LogP contribution in [0.15, 0.2) is 30.5 Å². The number of hydrogen-bond donors (Lipinski definition) is 3. The molecule has 124 valence electrons. The number of rotatable bonds is 6. The Morgan fingerprint density at radius 2 is 2.04 bits per heavy atom. The first-order valence-corrected chi connectivity index (χ1v) is 7.82. The third kappa shape index (κ3) is 3.90. The zero-order chi connectivity index (χ0) is 17.0. The number of amides is 2. The minimum atomic E-state index is -0.534. The SMILES string of the molecule is CCC(C)C(N)C(=O)Nc1ccc2ccn(CC(=O)NC)c2c1. The van der Waals surface area contributed by atoms with Gasteiger partial charge in [0.05, 0.1) is 11.6 Å². The Labute approximate surface area is 136 Å². The van der Waals surface area contributed by atoms with Crippen LogP contribution in [0.3, 0.4) is 0 Å². The number of benzene rings is 1. The van der Waals surface area contributed by atoms with Gasteiger partial charge in [-0.1, -0.05) is 26.3 Å². The summed E-state index contributed by atoms with van der Waals surface area (Å²) in [7, 11) is 1.61. The van der Waals surface area contributed by atoms with Gasteiger partial charge < -0.3 is 20.9 Å². The van der Waals surface area contributed by atoms with Gasteiger partial charge in [0, 0.05) is 18.9 Å². The fraction of sp³-hybridized carbons (Fsp3) is 0.412. The van der Waals surface area contributed by atoms with E-state index in [1.54, 1.807) is 7.05 Å². The highest BCUT2D eigenvalue weighted by Gasteiger charge is 2.19. The first-order chi connectivity index (χ1) is 11.0. The maximum Gasteiger partial charge on any atom is 0.241 e. The fourth-order valence-electron chi connectivity index (χ4n) is 2.37. The van der Waals surface area contributed by atoms with E-state index in [9.17, 15) is 9.59 Å². The molecule has 0 bridgehead atoms. The molecule has 23 heavy (non-hydrogen) atoms. The lowest BCUT2D eigenvalue weighted by Gasteiger charge is -2.17. The highest BCUT2D eigenvalue weighted by Crippen LogP contribution is 2.21. The van der Waals surface area contributed by atoms with E-state index in [2.05, 4.69) is 10.6 Å². The van der Waals surface area contributed by atoms with E-state index in [1.807, 2.05) is 48.9 Å². The third-order valence-electron chi connectivity index (χ3n) is 4.19. The van der Waals surface area contributed by atoms with Gasteiger partial charge in [0.15, 0.2) is 0 Å². The average Bonchev–Trinajstić information content (AvgIpc) is 2.95. The number of nitrogens with two attached hydrogens (primary N) is 1. The van der Waals surface area contributed by atoms with Crippen molar-refractivity contribution in [3.8, 4) is 0 Å². The van der Waals surface area contributed by atoms with Crippen LogP contribution < -0.4 is 16.4 Å². The van der Waals surface area contributed by atoms with Gasteiger partial charge >= 0.3 is 0 Å². The van der Waals surface area contributed by atoms with E-state index in [4.69, 9.17) is 5.73 Å². The molecular weight excluding hydrogens is 292 g/mol. The monoisotopic (exact) mass is 316 g/mol. The highest BCUT2D eigenvalue weighted by molar-refractivity contribution is 5.97. The first-order valence-electron chi connectivity index (χ1n) is 7.82. The molecule has 1 aromatic heterocycles. The van der Waals surface area contributed by atoms with Crippen molar-refractivity contribution in [3.05, 3.63) is 30.5 Å². The number of nitrogens with one attached hydrogen (secondary N) is 2. The number of likely N-dealkylation sites (N-methyl/N-ethyl adjacent to an activating group) is 1. The van der Waals surface area contributed by atoms with Gasteiger partial charge in [-0.25, -0.2) is 0 Å². The summed E-state index contributed by atoms with van der Waals surface area (Å²) >= 11 is 0. The predicted molar refractivity (Wildman–Crippen MR) is 92.1 cm³/mol. The van der Waals surface area contributed by atoms with Crippen LogP contribution in [0.5, 0.6) is 0 Å². The van der Waals surface area contributed by atoms with Gasteiger partial charge in [-0.05, 0) is 29.5 Å². The third-order valence-corrected chi connectivity index (χ3v) is 4.19. The molecule has 6 nitrogen and oxygen atoms in total. The molecular formula is C17H24N4O2. The highest BCUT2D eigenvalue weighted by atomic mass is 16.2. The Kier molecular flexibility index (Phi) is 5.39. The van der Waals surface area contributed by atoms with Gasteiger partial charge in [-0.15, -0.1) is 0 Å². The lowest BCUT2D eigenvalue weighted by molar-refractivity contribution is -0.121. The molecule has 2 aromatic rings. The summed E-state index contributed by atoms with van der Waals surface area (Å²) in [5, 5.41) is 6.47. The largest absolute Gasteiger partial charge is 0.358 e. The molecule has 2 rings (SSSR count). The average molecular weight is 316 g/mol. The van der Waals surface area contributed by atoms with Crippen LogP contribution in [0.1, 0.15) is 20.3 Å². The molecule has 2 atom stereocenters. The Balaban J connectivity index is 2.20. The summed E-state index contributed by atoms with van der Waals surface area (Å²) in [6, 6.07) is 7.02. The lowest BCUT2D eigenvalue weighted by Crippen LogP contribution is -2.40. The minimum Gasteiger partial charge on any atom is -0.358 e. The fourth-order valence-corrected chi connectivity index (χ4v) is 2.37. The van der Waals surface area contributed by atoms with Gasteiger partial charge in [0.1, 0.15) is 6.54 Å². The molecule has 0 aliphatic rings. The van der Waals surface area contributed by atoms with Crippen molar-refractivity contribution in [3.63, 3.8) is 0 Å². The Hall–Kier alpha value is -2.34. The zero-order valence-electron chi connectivity index (χ0n) is 13.8. The van der Waals surface area contributed by atoms with Crippen molar-refractivity contribution < 1.29 is 9.59 Å². The molecule has 0 aliphatic carbocycles. The van der Waals surface area contributed by atoms with Crippen molar-refractivity contribution in [2.24, 2.45) is 11.7 Å². The van der Waals surface area contributed by atoms with E-state index in [0.29, 0.717) is 5.69 Å². The van der Waals surface area contributed by atoms with E-state index >= 15 is 0 Å².